The number of nitrogens with zero attached hydrogens (tertiary/aromatic N) is 2. The molecule has 5 heteroatoms. The lowest BCUT2D eigenvalue weighted by Gasteiger charge is -2.35. The van der Waals surface area contributed by atoms with Crippen molar-refractivity contribution >= 4 is 11.8 Å². The van der Waals surface area contributed by atoms with Crippen molar-refractivity contribution in [2.24, 2.45) is 5.41 Å². The molecule has 2 amide bonds. The molecule has 0 aromatic rings. The van der Waals surface area contributed by atoms with E-state index in [2.05, 4.69) is 5.32 Å². The highest BCUT2D eigenvalue weighted by molar-refractivity contribution is 5.90. The third-order valence-corrected chi connectivity index (χ3v) is 3.87. The van der Waals surface area contributed by atoms with Crippen molar-refractivity contribution in [2.45, 2.75) is 39.7 Å². The van der Waals surface area contributed by atoms with Gasteiger partial charge < -0.3 is 15.1 Å². The SMILES string of the molecule is CC(C)(C)C(=O)N1CCCC1C(=O)N1CCNCC1. The molecule has 0 spiro atoms. The summed E-state index contributed by atoms with van der Waals surface area (Å²) in [5.74, 6) is 0.232. The minimum absolute atomic E-state index is 0.0958. The minimum Gasteiger partial charge on any atom is -0.338 e. The van der Waals surface area contributed by atoms with E-state index in [9.17, 15) is 9.59 Å². The number of likely N-dealkylation sites (tertiary alicyclic amines) is 1. The molecule has 0 aromatic carbocycles. The summed E-state index contributed by atoms with van der Waals surface area (Å²) in [4.78, 5) is 28.6. The molecule has 2 aliphatic rings. The number of amides is 2. The predicted molar refractivity (Wildman–Crippen MR) is 73.6 cm³/mol. The van der Waals surface area contributed by atoms with E-state index >= 15 is 0 Å². The number of hydrogen-bond acceptors (Lipinski definition) is 3. The lowest BCUT2D eigenvalue weighted by molar-refractivity contribution is -0.148. The maximum absolute atomic E-state index is 12.5. The second-order valence-electron chi connectivity index (χ2n) is 6.48. The Morgan fingerprint density at radius 2 is 1.74 bits per heavy atom. The van der Waals surface area contributed by atoms with E-state index in [1.54, 1.807) is 4.90 Å². The predicted octanol–water partition coefficient (Wildman–Crippen LogP) is 0.455. The van der Waals surface area contributed by atoms with Gasteiger partial charge in [0.15, 0.2) is 0 Å². The summed E-state index contributed by atoms with van der Waals surface area (Å²) in [6, 6.07) is -0.232. The van der Waals surface area contributed by atoms with Crippen LogP contribution in [0.25, 0.3) is 0 Å². The molecule has 2 rings (SSSR count). The molecule has 2 aliphatic heterocycles. The van der Waals surface area contributed by atoms with E-state index in [4.69, 9.17) is 0 Å². The van der Waals surface area contributed by atoms with Gasteiger partial charge in [-0.25, -0.2) is 0 Å². The van der Waals surface area contributed by atoms with E-state index in [0.29, 0.717) is 0 Å². The van der Waals surface area contributed by atoms with Crippen molar-refractivity contribution in [2.75, 3.05) is 32.7 Å². The van der Waals surface area contributed by atoms with Crippen LogP contribution in [0, 0.1) is 5.41 Å². The summed E-state index contributed by atoms with van der Waals surface area (Å²) in [7, 11) is 0. The second-order valence-corrected chi connectivity index (χ2v) is 6.48. The molecular formula is C14H25N3O2. The number of rotatable bonds is 1. The van der Waals surface area contributed by atoms with Crippen LogP contribution in [0.1, 0.15) is 33.6 Å². The van der Waals surface area contributed by atoms with Gasteiger partial charge in [0, 0.05) is 38.1 Å². The van der Waals surface area contributed by atoms with E-state index < -0.39 is 5.41 Å². The topological polar surface area (TPSA) is 52.7 Å². The Kier molecular flexibility index (Phi) is 4.13. The number of hydrogen-bond donors (Lipinski definition) is 1. The molecule has 1 atom stereocenters. The van der Waals surface area contributed by atoms with Crippen molar-refractivity contribution in [3.8, 4) is 0 Å². The Morgan fingerprint density at radius 1 is 1.11 bits per heavy atom. The van der Waals surface area contributed by atoms with Gasteiger partial charge >= 0.3 is 0 Å². The summed E-state index contributed by atoms with van der Waals surface area (Å²) in [5.41, 5.74) is -0.410. The smallest absolute Gasteiger partial charge is 0.245 e. The Morgan fingerprint density at radius 3 is 2.32 bits per heavy atom. The highest BCUT2D eigenvalue weighted by Crippen LogP contribution is 2.26. The van der Waals surface area contributed by atoms with Crippen LogP contribution in [0.3, 0.4) is 0 Å². The summed E-state index contributed by atoms with van der Waals surface area (Å²) in [5, 5.41) is 3.24. The first-order chi connectivity index (χ1) is 8.91. The number of carbonyl (C=O) groups is 2. The highest BCUT2D eigenvalue weighted by Gasteiger charge is 2.40. The standard InChI is InChI=1S/C14H25N3O2/c1-14(2,3)13(19)17-8-4-5-11(17)12(18)16-9-6-15-7-10-16/h11,15H,4-10H2,1-3H3. The number of nitrogens with one attached hydrogen (secondary N) is 1. The Bertz CT molecular complexity index is 356. The Balaban J connectivity index is 2.05. The summed E-state index contributed by atoms with van der Waals surface area (Å²) < 4.78 is 0. The lowest BCUT2D eigenvalue weighted by Crippen LogP contribution is -2.54. The van der Waals surface area contributed by atoms with Crippen molar-refractivity contribution in [3.05, 3.63) is 0 Å². The molecular weight excluding hydrogens is 242 g/mol. The molecule has 0 bridgehead atoms. The first kappa shape index (κ1) is 14.3. The van der Waals surface area contributed by atoms with E-state index in [1.165, 1.54) is 0 Å². The molecule has 2 saturated heterocycles. The second kappa shape index (κ2) is 5.49. The molecule has 1 unspecified atom stereocenters. The van der Waals surface area contributed by atoms with E-state index in [-0.39, 0.29) is 17.9 Å². The third kappa shape index (κ3) is 3.08. The van der Waals surface area contributed by atoms with Crippen molar-refractivity contribution < 1.29 is 9.59 Å². The average Bonchev–Trinajstić information content (AvgIpc) is 2.85. The molecule has 0 aromatic heterocycles. The van der Waals surface area contributed by atoms with E-state index in [1.807, 2.05) is 25.7 Å². The van der Waals surface area contributed by atoms with Crippen molar-refractivity contribution in [1.29, 1.82) is 0 Å². The van der Waals surface area contributed by atoms with Gasteiger partial charge in [-0.2, -0.15) is 0 Å². The largest absolute Gasteiger partial charge is 0.338 e. The van der Waals surface area contributed by atoms with E-state index in [0.717, 1.165) is 45.6 Å². The van der Waals surface area contributed by atoms with Gasteiger partial charge in [-0.15, -0.1) is 0 Å². The molecule has 0 radical (unpaired) electrons. The van der Waals surface area contributed by atoms with Crippen LogP contribution >= 0.6 is 0 Å². The zero-order valence-corrected chi connectivity index (χ0v) is 12.2. The molecule has 5 nitrogen and oxygen atoms in total. The lowest BCUT2D eigenvalue weighted by atomic mass is 9.94. The quantitative estimate of drug-likeness (QED) is 0.751. The van der Waals surface area contributed by atoms with Gasteiger partial charge in [0.25, 0.3) is 0 Å². The van der Waals surface area contributed by atoms with Crippen LogP contribution in [-0.2, 0) is 9.59 Å². The van der Waals surface area contributed by atoms with Crippen molar-refractivity contribution in [3.63, 3.8) is 0 Å². The van der Waals surface area contributed by atoms with Crippen molar-refractivity contribution in [1.82, 2.24) is 15.1 Å². The molecule has 19 heavy (non-hydrogen) atoms. The fourth-order valence-electron chi connectivity index (χ4n) is 2.79. The molecule has 1 N–H and O–H groups in total. The first-order valence-corrected chi connectivity index (χ1v) is 7.22. The Hall–Kier alpha value is -1.10. The maximum atomic E-state index is 12.5. The monoisotopic (exact) mass is 267 g/mol. The van der Waals surface area contributed by atoms with Gasteiger partial charge in [0.1, 0.15) is 6.04 Å². The fraction of sp³-hybridized carbons (Fsp3) is 0.857. The normalized spacial score (nSPS) is 24.7. The van der Waals surface area contributed by atoms with Crippen LogP contribution < -0.4 is 5.32 Å². The summed E-state index contributed by atoms with van der Waals surface area (Å²) >= 11 is 0. The molecule has 2 fully saturated rings. The fourth-order valence-corrected chi connectivity index (χ4v) is 2.79. The average molecular weight is 267 g/mol. The van der Waals surface area contributed by atoms with Crippen LogP contribution in [0.2, 0.25) is 0 Å². The summed E-state index contributed by atoms with van der Waals surface area (Å²) in [6.07, 6.45) is 1.74. The van der Waals surface area contributed by atoms with Gasteiger partial charge in [-0.3, -0.25) is 9.59 Å². The summed E-state index contributed by atoms with van der Waals surface area (Å²) in [6.45, 7) is 9.69. The molecule has 0 aliphatic carbocycles. The van der Waals surface area contributed by atoms with Crippen LogP contribution in [0.5, 0.6) is 0 Å². The van der Waals surface area contributed by atoms with Gasteiger partial charge in [0.2, 0.25) is 11.8 Å². The molecule has 2 heterocycles. The molecule has 0 saturated carbocycles. The van der Waals surface area contributed by atoms with Crippen LogP contribution in [0.4, 0.5) is 0 Å². The number of carbonyl (C=O) groups excluding carboxylic acids is 2. The van der Waals surface area contributed by atoms with Crippen LogP contribution in [0.15, 0.2) is 0 Å². The van der Waals surface area contributed by atoms with Gasteiger partial charge in [-0.1, -0.05) is 20.8 Å². The minimum atomic E-state index is -0.410. The van der Waals surface area contributed by atoms with Gasteiger partial charge in [0.05, 0.1) is 0 Å². The molecule has 108 valence electrons. The zero-order valence-electron chi connectivity index (χ0n) is 12.2. The first-order valence-electron chi connectivity index (χ1n) is 7.22. The van der Waals surface area contributed by atoms with Gasteiger partial charge in [-0.05, 0) is 12.8 Å². The maximum Gasteiger partial charge on any atom is 0.245 e. The highest BCUT2D eigenvalue weighted by atomic mass is 16.2. The Labute approximate surface area is 115 Å². The third-order valence-electron chi connectivity index (χ3n) is 3.87. The van der Waals surface area contributed by atoms with Crippen LogP contribution in [-0.4, -0.2) is 60.4 Å². The zero-order chi connectivity index (χ0) is 14.0. The number of piperazine rings is 1.